The molecule has 3 atom stereocenters. The van der Waals surface area contributed by atoms with E-state index in [1.165, 1.54) is 24.3 Å². The zero-order valence-corrected chi connectivity index (χ0v) is 19.3. The van der Waals surface area contributed by atoms with Crippen LogP contribution in [0.15, 0.2) is 55.0 Å². The summed E-state index contributed by atoms with van der Waals surface area (Å²) in [5, 5.41) is 0. The first kappa shape index (κ1) is 23.0. The molecule has 2 fully saturated rings. The predicted octanol–water partition coefficient (Wildman–Crippen LogP) is 4.95. The van der Waals surface area contributed by atoms with E-state index in [0.29, 0.717) is 38.5 Å². The zero-order valence-electron chi connectivity index (χ0n) is 19.3. The highest BCUT2D eigenvalue weighted by molar-refractivity contribution is 5.38. The van der Waals surface area contributed by atoms with Crippen LogP contribution in [0.1, 0.15) is 49.0 Å². The molecule has 3 heterocycles. The summed E-state index contributed by atoms with van der Waals surface area (Å²) in [6, 6.07) is 11.1. The number of rotatable bonds is 6. The van der Waals surface area contributed by atoms with Crippen LogP contribution < -0.4 is 4.74 Å². The number of aromatic amines is 1. The highest BCUT2D eigenvalue weighted by Gasteiger charge is 2.52. The quantitative estimate of drug-likeness (QED) is 0.554. The lowest BCUT2D eigenvalue weighted by Gasteiger charge is -2.44. The maximum Gasteiger partial charge on any atom is 0.146 e. The number of nitrogens with zero attached hydrogens (tertiary/aromatic N) is 2. The van der Waals surface area contributed by atoms with Gasteiger partial charge in [0, 0.05) is 30.6 Å². The van der Waals surface area contributed by atoms with E-state index in [0.717, 1.165) is 16.8 Å². The van der Waals surface area contributed by atoms with Crippen LogP contribution in [0.5, 0.6) is 5.75 Å². The summed E-state index contributed by atoms with van der Waals surface area (Å²) in [6.45, 7) is 5.68. The third-order valence-corrected chi connectivity index (χ3v) is 6.54. The van der Waals surface area contributed by atoms with Gasteiger partial charge in [-0.1, -0.05) is 12.1 Å². The lowest BCUT2D eigenvalue weighted by atomic mass is 9.87. The molecule has 2 aliphatic heterocycles. The Morgan fingerprint density at radius 2 is 1.94 bits per heavy atom. The Bertz CT molecular complexity index is 1110. The molecule has 1 N–H and O–H groups in total. The van der Waals surface area contributed by atoms with Gasteiger partial charge in [0.15, 0.2) is 0 Å². The molecule has 1 spiro atoms. The minimum atomic E-state index is -0.734. The summed E-state index contributed by atoms with van der Waals surface area (Å²) in [4.78, 5) is 9.66. The van der Waals surface area contributed by atoms with Gasteiger partial charge in [-0.05, 0) is 49.7 Å². The molecule has 1 unspecified atom stereocenters. The minimum Gasteiger partial charge on any atom is -0.491 e. The SMILES string of the molecule is CC(C)Oc1ccc(F)cc1[C@H]1COCC2(C1)OC[C@H](c1ccc(F)cc1)N2Cc1c[nH]cn1. The Labute approximate surface area is 197 Å². The van der Waals surface area contributed by atoms with Crippen LogP contribution in [0.2, 0.25) is 0 Å². The van der Waals surface area contributed by atoms with Crippen LogP contribution in [0.25, 0.3) is 0 Å². The molecule has 3 aromatic rings. The molecule has 0 aliphatic carbocycles. The standard InChI is InChI=1S/C26H29F2N3O3/c1-17(2)34-25-8-7-21(28)9-23(25)19-10-26(15-32-13-19)31(12-22-11-29-16-30-22)24(14-33-26)18-3-5-20(27)6-4-18/h3-9,11,16-17,19,24H,10,12-15H2,1-2H3,(H,29,30)/t19-,24-,26?/m1/s1. The number of benzene rings is 2. The molecular formula is C26H29F2N3O3. The first-order valence-corrected chi connectivity index (χ1v) is 11.6. The molecule has 2 saturated heterocycles. The van der Waals surface area contributed by atoms with Crippen molar-refractivity contribution in [2.45, 2.75) is 50.6 Å². The highest BCUT2D eigenvalue weighted by Crippen LogP contribution is 2.47. The van der Waals surface area contributed by atoms with E-state index in [9.17, 15) is 8.78 Å². The summed E-state index contributed by atoms with van der Waals surface area (Å²) in [7, 11) is 0. The zero-order chi connectivity index (χ0) is 23.7. The lowest BCUT2D eigenvalue weighted by molar-refractivity contribution is -0.173. The third kappa shape index (κ3) is 4.58. The van der Waals surface area contributed by atoms with Gasteiger partial charge in [0.05, 0.1) is 44.0 Å². The minimum absolute atomic E-state index is 0.0376. The van der Waals surface area contributed by atoms with Gasteiger partial charge in [-0.15, -0.1) is 0 Å². The van der Waals surface area contributed by atoms with Crippen molar-refractivity contribution in [1.29, 1.82) is 0 Å². The summed E-state index contributed by atoms with van der Waals surface area (Å²) < 4.78 is 46.4. The van der Waals surface area contributed by atoms with E-state index in [1.807, 2.05) is 20.0 Å². The van der Waals surface area contributed by atoms with E-state index in [1.54, 1.807) is 24.5 Å². The molecule has 0 amide bonds. The molecule has 0 saturated carbocycles. The highest BCUT2D eigenvalue weighted by atomic mass is 19.1. The molecule has 1 aromatic heterocycles. The molecular weight excluding hydrogens is 440 g/mol. The van der Waals surface area contributed by atoms with Gasteiger partial charge in [0.2, 0.25) is 0 Å². The van der Waals surface area contributed by atoms with Gasteiger partial charge in [0.25, 0.3) is 0 Å². The Kier molecular flexibility index (Phi) is 6.38. The Balaban J connectivity index is 1.48. The molecule has 2 aliphatic rings. The van der Waals surface area contributed by atoms with E-state index in [-0.39, 0.29) is 29.7 Å². The average molecular weight is 470 g/mol. The van der Waals surface area contributed by atoms with E-state index in [4.69, 9.17) is 14.2 Å². The second kappa shape index (κ2) is 9.44. The van der Waals surface area contributed by atoms with E-state index >= 15 is 0 Å². The van der Waals surface area contributed by atoms with Crippen LogP contribution in [0, 0.1) is 11.6 Å². The Morgan fingerprint density at radius 1 is 1.15 bits per heavy atom. The average Bonchev–Trinajstić information content (AvgIpc) is 3.45. The van der Waals surface area contributed by atoms with Gasteiger partial charge < -0.3 is 19.2 Å². The van der Waals surface area contributed by atoms with Crippen LogP contribution in [0.4, 0.5) is 8.78 Å². The summed E-state index contributed by atoms with van der Waals surface area (Å²) in [6.07, 6.45) is 4.07. The molecule has 8 heteroatoms. The molecule has 6 nitrogen and oxygen atoms in total. The smallest absolute Gasteiger partial charge is 0.146 e. The van der Waals surface area contributed by atoms with Crippen molar-refractivity contribution in [3.05, 3.63) is 83.4 Å². The van der Waals surface area contributed by atoms with Gasteiger partial charge in [-0.25, -0.2) is 13.8 Å². The van der Waals surface area contributed by atoms with Crippen LogP contribution in [0.3, 0.4) is 0 Å². The maximum absolute atomic E-state index is 14.3. The number of aromatic nitrogens is 2. The van der Waals surface area contributed by atoms with Crippen molar-refractivity contribution < 1.29 is 23.0 Å². The largest absolute Gasteiger partial charge is 0.491 e. The number of imidazole rings is 1. The van der Waals surface area contributed by atoms with Gasteiger partial charge >= 0.3 is 0 Å². The second-order valence-electron chi connectivity index (χ2n) is 9.28. The van der Waals surface area contributed by atoms with Crippen LogP contribution >= 0.6 is 0 Å². The summed E-state index contributed by atoms with van der Waals surface area (Å²) in [5.74, 6) is -0.0439. The number of halogens is 2. The van der Waals surface area contributed by atoms with Gasteiger partial charge in [0.1, 0.15) is 23.1 Å². The molecule has 34 heavy (non-hydrogen) atoms. The van der Waals surface area contributed by atoms with Crippen molar-refractivity contribution in [1.82, 2.24) is 14.9 Å². The molecule has 180 valence electrons. The van der Waals surface area contributed by atoms with Crippen LogP contribution in [-0.2, 0) is 16.0 Å². The normalized spacial score (nSPS) is 25.3. The lowest BCUT2D eigenvalue weighted by Crippen LogP contribution is -2.53. The third-order valence-electron chi connectivity index (χ3n) is 6.54. The fraction of sp³-hybridized carbons (Fsp3) is 0.423. The van der Waals surface area contributed by atoms with E-state index < -0.39 is 5.72 Å². The van der Waals surface area contributed by atoms with Crippen molar-refractivity contribution in [2.75, 3.05) is 19.8 Å². The number of hydrogen-bond acceptors (Lipinski definition) is 5. The fourth-order valence-electron chi connectivity index (χ4n) is 5.02. The first-order chi connectivity index (χ1) is 16.4. The van der Waals surface area contributed by atoms with Crippen molar-refractivity contribution in [2.24, 2.45) is 0 Å². The number of H-pyrrole nitrogens is 1. The maximum atomic E-state index is 14.3. The molecule has 0 radical (unpaired) electrons. The molecule has 0 bridgehead atoms. The van der Waals surface area contributed by atoms with Crippen molar-refractivity contribution >= 4 is 0 Å². The van der Waals surface area contributed by atoms with Gasteiger partial charge in [-0.2, -0.15) is 0 Å². The summed E-state index contributed by atoms with van der Waals surface area (Å²) in [5.41, 5.74) is 1.88. The molecule has 2 aromatic carbocycles. The monoisotopic (exact) mass is 469 g/mol. The Morgan fingerprint density at radius 3 is 2.68 bits per heavy atom. The van der Waals surface area contributed by atoms with Crippen molar-refractivity contribution in [3.8, 4) is 5.75 Å². The Hall–Kier alpha value is -2.81. The van der Waals surface area contributed by atoms with E-state index in [2.05, 4.69) is 14.9 Å². The predicted molar refractivity (Wildman–Crippen MR) is 122 cm³/mol. The number of hydrogen-bond donors (Lipinski definition) is 1. The number of ether oxygens (including phenoxy) is 3. The fourth-order valence-corrected chi connectivity index (χ4v) is 5.02. The first-order valence-electron chi connectivity index (χ1n) is 11.6. The van der Waals surface area contributed by atoms with Gasteiger partial charge in [-0.3, -0.25) is 4.90 Å². The summed E-state index contributed by atoms with van der Waals surface area (Å²) >= 11 is 0. The van der Waals surface area contributed by atoms with Crippen molar-refractivity contribution in [3.63, 3.8) is 0 Å². The second-order valence-corrected chi connectivity index (χ2v) is 9.28. The van der Waals surface area contributed by atoms with Crippen LogP contribution in [-0.4, -0.2) is 46.5 Å². The molecule has 5 rings (SSSR count). The number of nitrogens with one attached hydrogen (secondary N) is 1. The topological polar surface area (TPSA) is 59.6 Å².